The van der Waals surface area contributed by atoms with Gasteiger partial charge in [0.2, 0.25) is 15.8 Å². The fourth-order valence-corrected chi connectivity index (χ4v) is 9.14. The number of H-pyrrole nitrogens is 1. The highest BCUT2D eigenvalue weighted by atomic mass is 35.5. The Labute approximate surface area is 384 Å². The van der Waals surface area contributed by atoms with Gasteiger partial charge in [0, 0.05) is 60.8 Å². The van der Waals surface area contributed by atoms with Gasteiger partial charge in [-0.05, 0) is 90.1 Å². The van der Waals surface area contributed by atoms with Gasteiger partial charge >= 0.3 is 11.7 Å². The van der Waals surface area contributed by atoms with Crippen LogP contribution in [0.5, 0.6) is 11.5 Å². The number of amides is 1. The summed E-state index contributed by atoms with van der Waals surface area (Å²) in [5, 5.41) is 28.4. The molecule has 0 unspecified atom stereocenters. The van der Waals surface area contributed by atoms with Gasteiger partial charge in [-0.1, -0.05) is 69.3 Å². The van der Waals surface area contributed by atoms with Crippen LogP contribution in [0.15, 0.2) is 89.9 Å². The van der Waals surface area contributed by atoms with Crippen LogP contribution in [0.4, 0.5) is 19.3 Å². The van der Waals surface area contributed by atoms with Crippen molar-refractivity contribution in [3.63, 3.8) is 0 Å². The number of piperazine rings is 1. The number of phenols is 2. The molecule has 1 saturated heterocycles. The molecule has 18 heteroatoms. The van der Waals surface area contributed by atoms with E-state index in [1.165, 1.54) is 21.4 Å². The van der Waals surface area contributed by atoms with Gasteiger partial charge in [0.25, 0.3) is 0 Å². The first-order valence-electron chi connectivity index (χ1n) is 21.1. The van der Waals surface area contributed by atoms with Crippen LogP contribution in [-0.4, -0.2) is 91.5 Å². The first kappa shape index (κ1) is 47.2. The Kier molecular flexibility index (Phi) is 13.8. The normalized spacial score (nSPS) is 14.0. The first-order chi connectivity index (χ1) is 31.4. The third kappa shape index (κ3) is 9.73. The zero-order valence-electron chi connectivity index (χ0n) is 36.6. The Morgan fingerprint density at radius 2 is 1.67 bits per heavy atom. The van der Waals surface area contributed by atoms with Crippen molar-refractivity contribution >= 4 is 57.4 Å². The zero-order valence-corrected chi connectivity index (χ0v) is 38.2. The minimum atomic E-state index is -4.01. The molecular formula is C48H48ClF2N7O7S. The second-order valence-electron chi connectivity index (χ2n) is 16.2. The van der Waals surface area contributed by atoms with E-state index in [0.717, 1.165) is 17.7 Å². The first-order valence-corrected chi connectivity index (χ1v) is 23.2. The van der Waals surface area contributed by atoms with Crippen LogP contribution < -0.4 is 21.0 Å². The molecule has 344 valence electrons. The molecule has 14 nitrogen and oxygen atoms in total. The van der Waals surface area contributed by atoms with E-state index in [9.17, 15) is 33.0 Å². The third-order valence-electron chi connectivity index (χ3n) is 11.4. The van der Waals surface area contributed by atoms with Crippen molar-refractivity contribution in [2.75, 3.05) is 36.7 Å². The van der Waals surface area contributed by atoms with E-state index in [2.05, 4.69) is 26.4 Å². The molecule has 1 aliphatic heterocycles. The zero-order chi connectivity index (χ0) is 47.6. The van der Waals surface area contributed by atoms with Crippen LogP contribution in [0.25, 0.3) is 35.3 Å². The average molecular weight is 940 g/mol. The second-order valence-corrected chi connectivity index (χ2v) is 18.5. The summed E-state index contributed by atoms with van der Waals surface area (Å²) in [6.07, 6.45) is 4.79. The largest absolute Gasteiger partial charge is 0.508 e. The number of carbonyl (C=O) groups excluding carboxylic acids is 2. The van der Waals surface area contributed by atoms with Crippen LogP contribution in [0, 0.1) is 11.6 Å². The molecule has 66 heavy (non-hydrogen) atoms. The van der Waals surface area contributed by atoms with Gasteiger partial charge in [-0.3, -0.25) is 19.0 Å². The van der Waals surface area contributed by atoms with Gasteiger partial charge in [-0.2, -0.15) is 5.10 Å². The summed E-state index contributed by atoms with van der Waals surface area (Å²) in [5.74, 6) is -4.26. The summed E-state index contributed by atoms with van der Waals surface area (Å²) in [4.78, 5) is 45.3. The number of aromatic amines is 1. The second kappa shape index (κ2) is 19.3. The summed E-state index contributed by atoms with van der Waals surface area (Å²) in [6.45, 7) is 13.3. The fraction of sp³-hybridized carbons (Fsp3) is 0.250. The molecule has 0 spiro atoms. The molecule has 4 aromatic carbocycles. The SMILES string of the molecule is C=c1/c(=C\C(=C/C)c2ccc(Cl)cc2)c(C(=O)c2c(F)ccc(NS(=O)(=O)CCC)c2F)cn1C(=O)N1CCN(Cc2ccc(-n3c(-c4cc(C(C)C)c(O)cc4O)n[nH]c3=O)cc2)CC1. The molecule has 2 aromatic heterocycles. The Morgan fingerprint density at radius 1 is 0.985 bits per heavy atom. The number of ketones is 1. The molecule has 7 rings (SSSR count). The number of nitrogens with zero attached hydrogens (tertiary/aromatic N) is 5. The van der Waals surface area contributed by atoms with Crippen molar-refractivity contribution in [1.82, 2.24) is 29.1 Å². The van der Waals surface area contributed by atoms with Crippen molar-refractivity contribution in [2.45, 2.75) is 46.6 Å². The number of rotatable bonds is 13. The number of aromatic nitrogens is 4. The fourth-order valence-electron chi connectivity index (χ4n) is 7.88. The minimum Gasteiger partial charge on any atom is -0.508 e. The summed E-state index contributed by atoms with van der Waals surface area (Å²) < 4.78 is 61.2. The topological polar surface area (TPSA) is 183 Å². The number of phenolic OH excluding ortho intramolecular Hbond substituents is 2. The number of nitrogens with one attached hydrogen (secondary N) is 2. The van der Waals surface area contributed by atoms with Gasteiger partial charge in [0.15, 0.2) is 11.6 Å². The van der Waals surface area contributed by atoms with Crippen molar-refractivity contribution in [2.24, 2.45) is 0 Å². The lowest BCUT2D eigenvalue weighted by Crippen LogP contribution is -2.51. The molecule has 0 bridgehead atoms. The minimum absolute atomic E-state index is 0.0605. The van der Waals surface area contributed by atoms with Gasteiger partial charge in [0.05, 0.1) is 33.6 Å². The van der Waals surface area contributed by atoms with Crippen molar-refractivity contribution < 1.29 is 37.0 Å². The summed E-state index contributed by atoms with van der Waals surface area (Å²) in [6, 6.07) is 18.2. The highest BCUT2D eigenvalue weighted by Gasteiger charge is 2.29. The number of carbonyl (C=O) groups is 2. The van der Waals surface area contributed by atoms with Gasteiger partial charge in [-0.25, -0.2) is 36.5 Å². The predicted octanol–water partition coefficient (Wildman–Crippen LogP) is 6.96. The molecule has 0 aliphatic carbocycles. The standard InChI is InChI=1S/C48H48ClF2N7O7S/c1-6-22-66(64,65)54-40-17-16-39(50)43(44(40)51)45(61)38-27-57(29(5)36(38)23-31(7-2)32-10-12-33(49)13-11-32)48(63)56-20-18-55(19-21-56)26-30-8-14-34(15-9-30)58-46(52-53-47(58)62)37-24-35(28(3)4)41(59)25-42(37)60/h7-17,23-25,27-28,54,59-60H,5-6,18-22,26H2,1-4H3,(H,53,62)/b31-7+,36-23+. The number of anilines is 1. The van der Waals surface area contributed by atoms with Gasteiger partial charge in [-0.15, -0.1) is 0 Å². The molecule has 6 aromatic rings. The van der Waals surface area contributed by atoms with E-state index in [1.54, 1.807) is 73.4 Å². The lowest BCUT2D eigenvalue weighted by atomic mass is 9.98. The Bertz CT molecular complexity index is 3160. The molecule has 0 atom stereocenters. The molecule has 1 aliphatic rings. The number of halogens is 3. The maximum Gasteiger partial charge on any atom is 0.348 e. The molecule has 4 N–H and O–H groups in total. The highest BCUT2D eigenvalue weighted by Crippen LogP contribution is 2.37. The Balaban J connectivity index is 1.13. The quantitative estimate of drug-likeness (QED) is 0.0891. The molecule has 1 amide bonds. The molecule has 1 fully saturated rings. The summed E-state index contributed by atoms with van der Waals surface area (Å²) in [7, 11) is -4.01. The Hall–Kier alpha value is -6.82. The predicted molar refractivity (Wildman–Crippen MR) is 251 cm³/mol. The van der Waals surface area contributed by atoms with E-state index >= 15 is 8.78 Å². The number of sulfonamides is 1. The maximum atomic E-state index is 16.0. The van der Waals surface area contributed by atoms with E-state index in [0.29, 0.717) is 47.0 Å². The van der Waals surface area contributed by atoms with E-state index in [1.807, 2.05) is 26.0 Å². The van der Waals surface area contributed by atoms with Crippen molar-refractivity contribution in [3.8, 4) is 28.6 Å². The number of aromatic hydroxyl groups is 2. The summed E-state index contributed by atoms with van der Waals surface area (Å²) in [5.41, 5.74) is 1.21. The number of hydrogen-bond acceptors (Lipinski definition) is 9. The Morgan fingerprint density at radius 3 is 2.30 bits per heavy atom. The van der Waals surface area contributed by atoms with E-state index in [-0.39, 0.29) is 70.2 Å². The summed E-state index contributed by atoms with van der Waals surface area (Å²) >= 11 is 6.14. The molecule has 3 heterocycles. The van der Waals surface area contributed by atoms with Crippen LogP contribution in [0.1, 0.15) is 72.6 Å². The highest BCUT2D eigenvalue weighted by molar-refractivity contribution is 7.92. The van der Waals surface area contributed by atoms with Crippen molar-refractivity contribution in [1.29, 1.82) is 0 Å². The van der Waals surface area contributed by atoms with Crippen LogP contribution in [0.2, 0.25) is 5.02 Å². The lowest BCUT2D eigenvalue weighted by molar-refractivity contribution is 0.103. The molecule has 0 saturated carbocycles. The smallest absolute Gasteiger partial charge is 0.348 e. The van der Waals surface area contributed by atoms with Crippen LogP contribution >= 0.6 is 11.6 Å². The number of benzene rings is 4. The van der Waals surface area contributed by atoms with Gasteiger partial charge < -0.3 is 15.1 Å². The van der Waals surface area contributed by atoms with Crippen molar-refractivity contribution in [3.05, 3.63) is 151 Å². The number of hydrogen-bond donors (Lipinski definition) is 4. The molecule has 0 radical (unpaired) electrons. The lowest BCUT2D eigenvalue weighted by Gasteiger charge is -2.34. The van der Waals surface area contributed by atoms with E-state index < -0.39 is 50.4 Å². The average Bonchev–Trinajstić information content (AvgIpc) is 3.82. The molecular weight excluding hydrogens is 892 g/mol. The van der Waals surface area contributed by atoms with E-state index in [4.69, 9.17) is 11.6 Å². The van der Waals surface area contributed by atoms with Crippen LogP contribution in [0.3, 0.4) is 0 Å². The van der Waals surface area contributed by atoms with Gasteiger partial charge in [0.1, 0.15) is 17.3 Å². The third-order valence-corrected chi connectivity index (χ3v) is 13.1. The monoisotopic (exact) mass is 939 g/mol. The number of allylic oxidation sites excluding steroid dienone is 2. The van der Waals surface area contributed by atoms with Crippen LogP contribution in [-0.2, 0) is 16.6 Å². The maximum absolute atomic E-state index is 16.0.